The summed E-state index contributed by atoms with van der Waals surface area (Å²) in [5.41, 5.74) is 0.144. The second kappa shape index (κ2) is 11.8. The van der Waals surface area contributed by atoms with Crippen LogP contribution in [0.15, 0.2) is 47.5 Å². The number of hydrogen-bond donors (Lipinski definition) is 0. The molecule has 0 spiro atoms. The fourth-order valence-electron chi connectivity index (χ4n) is 4.11. The average molecular weight is 595 g/mol. The summed E-state index contributed by atoms with van der Waals surface area (Å²) in [6, 6.07) is 19.7. The Morgan fingerprint density at radius 3 is 1.38 bits per heavy atom. The summed E-state index contributed by atoms with van der Waals surface area (Å²) in [5, 5.41) is 38.4. The molecule has 194 valence electrons. The van der Waals surface area contributed by atoms with E-state index in [1.807, 2.05) is 62.4 Å². The van der Waals surface area contributed by atoms with Gasteiger partial charge in [0.25, 0.3) is 0 Å². The lowest BCUT2D eigenvalue weighted by molar-refractivity contribution is 0.343. The number of fused-ring (bicyclic) bond motifs is 2. The summed E-state index contributed by atoms with van der Waals surface area (Å²) in [5.74, 6) is 1.63. The molecule has 6 nitrogen and oxygen atoms in total. The number of nitriles is 4. The molecule has 1 aromatic carbocycles. The Hall–Kier alpha value is -4.42. The van der Waals surface area contributed by atoms with Crippen molar-refractivity contribution in [2.24, 2.45) is 0 Å². The van der Waals surface area contributed by atoms with Crippen molar-refractivity contribution in [2.45, 2.75) is 13.8 Å². The number of ether oxygens (including phenoxy) is 2. The van der Waals surface area contributed by atoms with Crippen molar-refractivity contribution in [3.63, 3.8) is 0 Å². The molecule has 40 heavy (non-hydrogen) atoms. The van der Waals surface area contributed by atoms with Gasteiger partial charge in [0.05, 0.1) is 22.6 Å². The summed E-state index contributed by atoms with van der Waals surface area (Å²) >= 11 is 6.31. The molecule has 0 radical (unpaired) electrons. The number of thiophene rings is 4. The third-order valence-electron chi connectivity index (χ3n) is 5.74. The minimum Gasteiger partial charge on any atom is -0.492 e. The molecule has 0 fully saturated rings. The lowest BCUT2D eigenvalue weighted by Crippen LogP contribution is -1.95. The van der Waals surface area contributed by atoms with Gasteiger partial charge in [0.15, 0.2) is 0 Å². The van der Waals surface area contributed by atoms with E-state index < -0.39 is 0 Å². The first-order valence-corrected chi connectivity index (χ1v) is 15.3. The fraction of sp³-hybridized carbons (Fsp3) is 0.133. The SMILES string of the molecule is CCOc1c2cc(-c3ccc(C=C(C#N)C#N)s3)sc2c(OCC)c2cc(-c3ccc(C=C(C#N)C#N)s3)sc12. The molecule has 0 N–H and O–H groups in total. The van der Waals surface area contributed by atoms with E-state index in [0.717, 1.165) is 60.9 Å². The summed E-state index contributed by atoms with van der Waals surface area (Å²) in [6.45, 7) is 4.95. The molecule has 5 rings (SSSR count). The second-order valence-corrected chi connectivity index (χ2v) is 12.5. The van der Waals surface area contributed by atoms with Gasteiger partial charge in [0, 0.05) is 40.0 Å². The van der Waals surface area contributed by atoms with E-state index in [4.69, 9.17) is 30.5 Å². The normalized spacial score (nSPS) is 10.3. The van der Waals surface area contributed by atoms with Crippen molar-refractivity contribution in [1.29, 1.82) is 21.0 Å². The maximum Gasteiger partial charge on any atom is 0.146 e. The zero-order valence-corrected chi connectivity index (χ0v) is 24.5. The Kier molecular flexibility index (Phi) is 7.99. The van der Waals surface area contributed by atoms with Gasteiger partial charge in [-0.3, -0.25) is 0 Å². The molecule has 4 heterocycles. The summed E-state index contributed by atoms with van der Waals surface area (Å²) in [6.07, 6.45) is 3.20. The van der Waals surface area contributed by atoms with Gasteiger partial charge in [0.2, 0.25) is 0 Å². The number of nitrogens with zero attached hydrogens (tertiary/aromatic N) is 4. The van der Waals surface area contributed by atoms with Crippen molar-refractivity contribution < 1.29 is 9.47 Å². The lowest BCUT2D eigenvalue weighted by atomic mass is 10.1. The van der Waals surface area contributed by atoms with E-state index in [1.54, 1.807) is 34.8 Å². The van der Waals surface area contributed by atoms with Crippen LogP contribution in [0.2, 0.25) is 0 Å². The molecule has 0 atom stereocenters. The maximum atomic E-state index is 9.10. The maximum absolute atomic E-state index is 9.10. The highest BCUT2D eigenvalue weighted by Crippen LogP contribution is 2.53. The van der Waals surface area contributed by atoms with Crippen molar-refractivity contribution in [1.82, 2.24) is 0 Å². The molecule has 0 unspecified atom stereocenters. The van der Waals surface area contributed by atoms with Crippen LogP contribution in [0.25, 0.3) is 51.8 Å². The first-order valence-electron chi connectivity index (χ1n) is 12.1. The molecular formula is C30H18N4O2S4. The van der Waals surface area contributed by atoms with Crippen LogP contribution in [0.5, 0.6) is 11.5 Å². The van der Waals surface area contributed by atoms with Crippen molar-refractivity contribution in [3.8, 4) is 55.3 Å². The highest BCUT2D eigenvalue weighted by Gasteiger charge is 2.23. The van der Waals surface area contributed by atoms with E-state index in [0.29, 0.717) is 13.2 Å². The van der Waals surface area contributed by atoms with Gasteiger partial charge >= 0.3 is 0 Å². The Bertz CT molecular complexity index is 1760. The Morgan fingerprint density at radius 1 is 0.625 bits per heavy atom. The van der Waals surface area contributed by atoms with E-state index in [2.05, 4.69) is 12.1 Å². The number of rotatable bonds is 8. The van der Waals surface area contributed by atoms with E-state index in [-0.39, 0.29) is 11.1 Å². The monoisotopic (exact) mass is 594 g/mol. The Labute approximate surface area is 246 Å². The summed E-state index contributed by atoms with van der Waals surface area (Å²) < 4.78 is 14.5. The van der Waals surface area contributed by atoms with Gasteiger partial charge in [-0.05, 0) is 62.4 Å². The van der Waals surface area contributed by atoms with Crippen LogP contribution in [-0.2, 0) is 0 Å². The van der Waals surface area contributed by atoms with Crippen LogP contribution in [0.4, 0.5) is 0 Å². The molecule has 0 saturated carbocycles. The third-order valence-corrected chi connectivity index (χ3v) is 10.5. The van der Waals surface area contributed by atoms with Crippen molar-refractivity contribution in [3.05, 3.63) is 57.3 Å². The highest BCUT2D eigenvalue weighted by molar-refractivity contribution is 7.28. The number of allylic oxidation sites excluding steroid dienone is 2. The van der Waals surface area contributed by atoms with Gasteiger partial charge in [-0.15, -0.1) is 45.3 Å². The first kappa shape index (κ1) is 27.2. The molecule has 4 aromatic heterocycles. The lowest BCUT2D eigenvalue weighted by Gasteiger charge is -2.11. The quantitative estimate of drug-likeness (QED) is 0.165. The van der Waals surface area contributed by atoms with Crippen LogP contribution in [0.3, 0.4) is 0 Å². The van der Waals surface area contributed by atoms with Crippen LogP contribution in [0, 0.1) is 45.3 Å². The zero-order valence-electron chi connectivity index (χ0n) is 21.3. The predicted molar refractivity (Wildman–Crippen MR) is 165 cm³/mol. The summed E-state index contributed by atoms with van der Waals surface area (Å²) in [4.78, 5) is 5.85. The molecule has 5 aromatic rings. The first-order chi connectivity index (χ1) is 19.5. The Balaban J connectivity index is 1.66. The van der Waals surface area contributed by atoms with Gasteiger partial charge in [-0.2, -0.15) is 21.0 Å². The molecule has 0 aliphatic rings. The minimum atomic E-state index is 0.0718. The molecule has 0 bridgehead atoms. The largest absolute Gasteiger partial charge is 0.492 e. The predicted octanol–water partition coefficient (Wildman–Crippen LogP) is 9.23. The average Bonchev–Trinajstić information content (AvgIpc) is 3.77. The Morgan fingerprint density at radius 2 is 1.02 bits per heavy atom. The molecule has 0 amide bonds. The molecule has 0 aliphatic carbocycles. The standard InChI is InChI=1S/C30H18N4O2S4/c1-3-35-27-21-11-25(23-7-5-19(37-23)9-17(13-31)14-32)40-30(21)28(36-4-2)22-12-26(39-29(22)27)24-8-6-20(38-24)10-18(15-33)16-34/h5-12H,3-4H2,1-2H3. The highest BCUT2D eigenvalue weighted by atomic mass is 32.1. The van der Waals surface area contributed by atoms with E-state index in [9.17, 15) is 0 Å². The van der Waals surface area contributed by atoms with E-state index in [1.165, 1.54) is 22.7 Å². The fourth-order valence-corrected chi connectivity index (χ4v) is 8.51. The topological polar surface area (TPSA) is 114 Å². The smallest absolute Gasteiger partial charge is 0.146 e. The minimum absolute atomic E-state index is 0.0718. The van der Waals surface area contributed by atoms with Crippen LogP contribution >= 0.6 is 45.3 Å². The zero-order chi connectivity index (χ0) is 28.2. The van der Waals surface area contributed by atoms with Crippen LogP contribution < -0.4 is 9.47 Å². The van der Waals surface area contributed by atoms with Crippen molar-refractivity contribution >= 4 is 77.7 Å². The van der Waals surface area contributed by atoms with Gasteiger partial charge in [-0.1, -0.05) is 0 Å². The van der Waals surface area contributed by atoms with Crippen molar-refractivity contribution in [2.75, 3.05) is 13.2 Å². The third kappa shape index (κ3) is 5.10. The molecule has 0 aliphatic heterocycles. The van der Waals surface area contributed by atoms with Crippen LogP contribution in [0.1, 0.15) is 23.6 Å². The van der Waals surface area contributed by atoms with Gasteiger partial charge in [-0.25, -0.2) is 0 Å². The number of benzene rings is 1. The molecule has 10 heteroatoms. The van der Waals surface area contributed by atoms with E-state index >= 15 is 0 Å². The summed E-state index contributed by atoms with van der Waals surface area (Å²) in [7, 11) is 0. The number of hydrogen-bond acceptors (Lipinski definition) is 10. The van der Waals surface area contributed by atoms with Gasteiger partial charge < -0.3 is 9.47 Å². The van der Waals surface area contributed by atoms with Gasteiger partial charge in [0.1, 0.15) is 46.9 Å². The van der Waals surface area contributed by atoms with Crippen LogP contribution in [-0.4, -0.2) is 13.2 Å². The molecular weight excluding hydrogens is 577 g/mol. The second-order valence-electron chi connectivity index (χ2n) is 8.20. The molecule has 0 saturated heterocycles.